The number of hydrogen-bond acceptors (Lipinski definition) is 6. The Labute approximate surface area is 221 Å². The molecule has 0 radical (unpaired) electrons. The average Bonchev–Trinajstić information content (AvgIpc) is 2.88. The second-order valence-electron chi connectivity index (χ2n) is 9.17. The lowest BCUT2D eigenvalue weighted by atomic mass is 9.99. The van der Waals surface area contributed by atoms with Crippen molar-refractivity contribution in [1.82, 2.24) is 15.3 Å². The third-order valence-electron chi connectivity index (χ3n) is 5.90. The van der Waals surface area contributed by atoms with Crippen LogP contribution in [0.5, 0.6) is 0 Å². The number of ketones is 1. The molecule has 0 aliphatic carbocycles. The van der Waals surface area contributed by atoms with E-state index in [1.165, 1.54) is 6.08 Å². The predicted octanol–water partition coefficient (Wildman–Crippen LogP) is 4.72. The van der Waals surface area contributed by atoms with Gasteiger partial charge in [-0.15, -0.1) is 0 Å². The number of fused-ring (bicyclic) bond motifs is 1. The number of benzene rings is 2. The Kier molecular flexibility index (Phi) is 7.91. The number of nitrogens with one attached hydrogen (secondary N) is 2. The zero-order valence-corrected chi connectivity index (χ0v) is 21.5. The monoisotopic (exact) mass is 507 g/mol. The van der Waals surface area contributed by atoms with E-state index in [-0.39, 0.29) is 30.6 Å². The quantitative estimate of drug-likeness (QED) is 0.296. The zero-order chi connectivity index (χ0) is 27.2. The molecular formula is C30H29N5O3. The molecule has 4 rings (SSSR count). The number of carbonyl (C=O) groups excluding carboxylic acids is 3. The number of rotatable bonds is 8. The van der Waals surface area contributed by atoms with Gasteiger partial charge in [0.2, 0.25) is 0 Å². The lowest BCUT2D eigenvalue weighted by Gasteiger charge is -2.13. The number of hydrogen-bond donors (Lipinski definition) is 3. The third-order valence-corrected chi connectivity index (χ3v) is 5.90. The number of aromatic nitrogens is 2. The fourth-order valence-corrected chi connectivity index (χ4v) is 4.16. The van der Waals surface area contributed by atoms with Gasteiger partial charge in [-0.25, -0.2) is 4.98 Å². The van der Waals surface area contributed by atoms with Crippen molar-refractivity contribution in [2.75, 3.05) is 11.9 Å². The van der Waals surface area contributed by atoms with Crippen LogP contribution in [0.25, 0.3) is 22.2 Å². The van der Waals surface area contributed by atoms with Crippen LogP contribution in [0.3, 0.4) is 0 Å². The van der Waals surface area contributed by atoms with Crippen LogP contribution in [0, 0.1) is 13.8 Å². The van der Waals surface area contributed by atoms with Crippen molar-refractivity contribution in [2.24, 2.45) is 5.73 Å². The molecule has 0 unspecified atom stereocenters. The zero-order valence-electron chi connectivity index (χ0n) is 21.5. The minimum Gasteiger partial charge on any atom is -0.402 e. The fraction of sp³-hybridized carbons (Fsp3) is 0.167. The van der Waals surface area contributed by atoms with E-state index in [1.54, 1.807) is 49.6 Å². The van der Waals surface area contributed by atoms with Crippen LogP contribution in [0.1, 0.15) is 45.2 Å². The number of allylic oxidation sites excluding steroid dienone is 2. The van der Waals surface area contributed by atoms with Gasteiger partial charge in [0.05, 0.1) is 16.8 Å². The number of pyridine rings is 2. The highest BCUT2D eigenvalue weighted by molar-refractivity contribution is 6.13. The van der Waals surface area contributed by atoms with Crippen molar-refractivity contribution in [3.05, 3.63) is 101 Å². The van der Waals surface area contributed by atoms with E-state index < -0.39 is 0 Å². The molecule has 8 nitrogen and oxygen atoms in total. The molecule has 192 valence electrons. The molecule has 2 aromatic carbocycles. The van der Waals surface area contributed by atoms with Crippen LogP contribution in [0.4, 0.5) is 5.69 Å². The summed E-state index contributed by atoms with van der Waals surface area (Å²) < 4.78 is 0. The van der Waals surface area contributed by atoms with Gasteiger partial charge in [0.25, 0.3) is 11.8 Å². The van der Waals surface area contributed by atoms with E-state index >= 15 is 0 Å². The van der Waals surface area contributed by atoms with Crippen molar-refractivity contribution in [3.63, 3.8) is 0 Å². The van der Waals surface area contributed by atoms with Crippen molar-refractivity contribution >= 4 is 34.2 Å². The Morgan fingerprint density at radius 1 is 1.00 bits per heavy atom. The fourth-order valence-electron chi connectivity index (χ4n) is 4.16. The number of anilines is 1. The van der Waals surface area contributed by atoms with Crippen LogP contribution in [0.15, 0.2) is 78.8 Å². The Bertz CT molecular complexity index is 1540. The van der Waals surface area contributed by atoms with Crippen LogP contribution >= 0.6 is 0 Å². The molecule has 4 N–H and O–H groups in total. The summed E-state index contributed by atoms with van der Waals surface area (Å²) in [5.74, 6) is -0.744. The first-order chi connectivity index (χ1) is 18.2. The lowest BCUT2D eigenvalue weighted by Crippen LogP contribution is -2.25. The first kappa shape index (κ1) is 26.2. The number of carbonyl (C=O) groups is 3. The topological polar surface area (TPSA) is 127 Å². The molecule has 0 fully saturated rings. The maximum absolute atomic E-state index is 13.5. The minimum absolute atomic E-state index is 0.149. The second kappa shape index (κ2) is 11.5. The van der Waals surface area contributed by atoms with Gasteiger partial charge in [-0.1, -0.05) is 11.6 Å². The number of amides is 2. The molecule has 2 heterocycles. The summed E-state index contributed by atoms with van der Waals surface area (Å²) in [7, 11) is 0. The molecule has 2 aromatic heterocycles. The summed E-state index contributed by atoms with van der Waals surface area (Å²) in [6.07, 6.45) is 4.91. The maximum Gasteiger partial charge on any atom is 0.256 e. The van der Waals surface area contributed by atoms with Gasteiger partial charge in [-0.2, -0.15) is 0 Å². The van der Waals surface area contributed by atoms with Crippen LogP contribution < -0.4 is 16.4 Å². The summed E-state index contributed by atoms with van der Waals surface area (Å²) in [6, 6.07) is 16.1. The standard InChI is InChI=1S/C30H29N5O3/c1-18-13-19(2)28-25(14-18)26(16-27(35-28)22-5-4-11-32-17-22)30(38)34-23-8-6-21(7-9-23)29(37)33-12-10-24(36)15-20(3)31/h4-9,11,13-17H,10,12,31H2,1-3H3,(H,33,37)(H,34,38)/b20-15-. The summed E-state index contributed by atoms with van der Waals surface area (Å²) in [6.45, 7) is 5.80. The second-order valence-corrected chi connectivity index (χ2v) is 9.17. The van der Waals surface area contributed by atoms with E-state index in [1.807, 2.05) is 38.1 Å². The van der Waals surface area contributed by atoms with Crippen molar-refractivity contribution in [2.45, 2.75) is 27.2 Å². The van der Waals surface area contributed by atoms with E-state index in [2.05, 4.69) is 15.6 Å². The first-order valence-corrected chi connectivity index (χ1v) is 12.2. The molecule has 0 aliphatic heterocycles. The molecule has 0 saturated heterocycles. The number of aryl methyl sites for hydroxylation is 2. The largest absolute Gasteiger partial charge is 0.402 e. The Morgan fingerprint density at radius 2 is 1.76 bits per heavy atom. The molecule has 0 bridgehead atoms. The third kappa shape index (κ3) is 6.28. The van der Waals surface area contributed by atoms with Gasteiger partial charge in [0.1, 0.15) is 0 Å². The molecule has 38 heavy (non-hydrogen) atoms. The summed E-state index contributed by atoms with van der Waals surface area (Å²) in [4.78, 5) is 46.6. The van der Waals surface area contributed by atoms with Gasteiger partial charge < -0.3 is 16.4 Å². The van der Waals surface area contributed by atoms with E-state index in [9.17, 15) is 14.4 Å². The highest BCUT2D eigenvalue weighted by Crippen LogP contribution is 2.28. The van der Waals surface area contributed by atoms with Crippen molar-refractivity contribution < 1.29 is 14.4 Å². The average molecular weight is 508 g/mol. The van der Waals surface area contributed by atoms with E-state index in [0.29, 0.717) is 28.2 Å². The van der Waals surface area contributed by atoms with Crippen LogP contribution in [-0.2, 0) is 4.79 Å². The summed E-state index contributed by atoms with van der Waals surface area (Å²) >= 11 is 0. The Morgan fingerprint density at radius 3 is 2.45 bits per heavy atom. The van der Waals surface area contributed by atoms with Crippen molar-refractivity contribution in [3.8, 4) is 11.3 Å². The molecule has 8 heteroatoms. The Balaban J connectivity index is 1.53. The van der Waals surface area contributed by atoms with Crippen LogP contribution in [-0.4, -0.2) is 34.1 Å². The van der Waals surface area contributed by atoms with Gasteiger partial charge in [0, 0.05) is 53.3 Å². The number of nitrogens with two attached hydrogens (primary N) is 1. The molecule has 0 saturated carbocycles. The molecule has 0 aliphatic rings. The van der Waals surface area contributed by atoms with Crippen molar-refractivity contribution in [1.29, 1.82) is 0 Å². The Hall–Kier alpha value is -4.85. The maximum atomic E-state index is 13.5. The van der Waals surface area contributed by atoms with E-state index in [4.69, 9.17) is 10.7 Å². The van der Waals surface area contributed by atoms with Gasteiger partial charge >= 0.3 is 0 Å². The van der Waals surface area contributed by atoms with Crippen LogP contribution in [0.2, 0.25) is 0 Å². The number of nitrogens with zero attached hydrogens (tertiary/aromatic N) is 2. The predicted molar refractivity (Wildman–Crippen MR) is 149 cm³/mol. The molecule has 0 spiro atoms. The van der Waals surface area contributed by atoms with Gasteiger partial charge in [0.15, 0.2) is 5.78 Å². The summed E-state index contributed by atoms with van der Waals surface area (Å²) in [5.41, 5.74) is 11.6. The SMILES string of the molecule is C/C(N)=C/C(=O)CCNC(=O)c1ccc(NC(=O)c2cc(-c3cccnc3)nc3c(C)cc(C)cc23)cc1. The lowest BCUT2D eigenvalue weighted by molar-refractivity contribution is -0.114. The summed E-state index contributed by atoms with van der Waals surface area (Å²) in [5, 5.41) is 6.41. The van der Waals surface area contributed by atoms with Gasteiger partial charge in [-0.05, 0) is 80.9 Å². The molecule has 4 aromatic rings. The molecular weight excluding hydrogens is 478 g/mol. The first-order valence-electron chi connectivity index (χ1n) is 12.2. The molecule has 0 atom stereocenters. The highest BCUT2D eigenvalue weighted by atomic mass is 16.2. The molecule has 2 amide bonds. The van der Waals surface area contributed by atoms with Gasteiger partial charge in [-0.3, -0.25) is 19.4 Å². The smallest absolute Gasteiger partial charge is 0.256 e. The highest BCUT2D eigenvalue weighted by Gasteiger charge is 2.17. The minimum atomic E-state index is -0.309. The van der Waals surface area contributed by atoms with E-state index in [0.717, 1.165) is 27.6 Å². The normalized spacial score (nSPS) is 11.3.